The molecule has 2 rings (SSSR count). The summed E-state index contributed by atoms with van der Waals surface area (Å²) in [4.78, 5) is 2.31. The lowest BCUT2D eigenvalue weighted by Crippen LogP contribution is -2.32. The highest BCUT2D eigenvalue weighted by Crippen LogP contribution is 2.32. The zero-order valence-electron chi connectivity index (χ0n) is 10.1. The number of halogens is 1. The molecular formula is C14H17ClN2. The maximum atomic E-state index is 8.82. The summed E-state index contributed by atoms with van der Waals surface area (Å²) in [5.41, 5.74) is 1.68. The van der Waals surface area contributed by atoms with Crippen LogP contribution in [0.25, 0.3) is 0 Å². The fourth-order valence-electron chi connectivity index (χ4n) is 2.22. The lowest BCUT2D eigenvalue weighted by Gasteiger charge is -2.33. The van der Waals surface area contributed by atoms with Crippen molar-refractivity contribution >= 4 is 17.3 Å². The van der Waals surface area contributed by atoms with E-state index in [-0.39, 0.29) is 0 Å². The van der Waals surface area contributed by atoms with Gasteiger partial charge >= 0.3 is 0 Å². The third-order valence-corrected chi connectivity index (χ3v) is 3.81. The Morgan fingerprint density at radius 3 is 2.71 bits per heavy atom. The molecule has 0 aromatic heterocycles. The topological polar surface area (TPSA) is 27.0 Å². The molecule has 0 bridgehead atoms. The highest BCUT2D eigenvalue weighted by molar-refractivity contribution is 6.33. The molecule has 0 aliphatic heterocycles. The summed E-state index contributed by atoms with van der Waals surface area (Å²) in [7, 11) is 0. The van der Waals surface area contributed by atoms with Crippen molar-refractivity contribution in [2.75, 3.05) is 18.0 Å². The van der Waals surface area contributed by atoms with Crippen LogP contribution < -0.4 is 4.90 Å². The average Bonchev–Trinajstić information content (AvgIpc) is 2.29. The lowest BCUT2D eigenvalue weighted by atomic mass is 9.85. The van der Waals surface area contributed by atoms with Crippen LogP contribution >= 0.6 is 11.6 Å². The molecule has 0 radical (unpaired) electrons. The summed E-state index contributed by atoms with van der Waals surface area (Å²) in [6, 6.07) is 7.66. The second-order valence-electron chi connectivity index (χ2n) is 4.61. The van der Waals surface area contributed by atoms with E-state index in [4.69, 9.17) is 16.9 Å². The lowest BCUT2D eigenvalue weighted by molar-refractivity contribution is 0.318. The first-order valence-electron chi connectivity index (χ1n) is 6.19. The zero-order chi connectivity index (χ0) is 12.3. The zero-order valence-corrected chi connectivity index (χ0v) is 10.9. The maximum absolute atomic E-state index is 8.82. The first-order chi connectivity index (χ1) is 8.24. The van der Waals surface area contributed by atoms with E-state index >= 15 is 0 Å². The van der Waals surface area contributed by atoms with Gasteiger partial charge in [0.1, 0.15) is 0 Å². The Labute approximate surface area is 108 Å². The minimum atomic E-state index is 0.624. The fraction of sp³-hybridized carbons (Fsp3) is 0.500. The first-order valence-corrected chi connectivity index (χ1v) is 6.57. The van der Waals surface area contributed by atoms with Crippen molar-refractivity contribution in [1.29, 1.82) is 5.26 Å². The largest absolute Gasteiger partial charge is 0.370 e. The van der Waals surface area contributed by atoms with Crippen LogP contribution in [0.2, 0.25) is 5.02 Å². The molecule has 90 valence electrons. The van der Waals surface area contributed by atoms with E-state index in [9.17, 15) is 0 Å². The second-order valence-corrected chi connectivity index (χ2v) is 5.02. The van der Waals surface area contributed by atoms with Crippen LogP contribution in [0.5, 0.6) is 0 Å². The highest BCUT2D eigenvalue weighted by atomic mass is 35.5. The van der Waals surface area contributed by atoms with E-state index in [1.807, 2.05) is 12.1 Å². The Balaban J connectivity index is 2.15. The summed E-state index contributed by atoms with van der Waals surface area (Å²) < 4.78 is 0. The summed E-state index contributed by atoms with van der Waals surface area (Å²) in [5.74, 6) is 0.821. The molecule has 0 atom stereocenters. The van der Waals surface area contributed by atoms with Crippen LogP contribution in [0, 0.1) is 17.2 Å². The van der Waals surface area contributed by atoms with Crippen molar-refractivity contribution < 1.29 is 0 Å². The van der Waals surface area contributed by atoms with Gasteiger partial charge in [-0.3, -0.25) is 0 Å². The van der Waals surface area contributed by atoms with E-state index < -0.39 is 0 Å². The minimum Gasteiger partial charge on any atom is -0.370 e. The Bertz CT molecular complexity index is 432. The van der Waals surface area contributed by atoms with Crippen molar-refractivity contribution in [2.24, 2.45) is 5.92 Å². The van der Waals surface area contributed by atoms with E-state index in [1.54, 1.807) is 6.07 Å². The number of anilines is 1. The Kier molecular flexibility index (Phi) is 3.91. The second kappa shape index (κ2) is 5.42. The normalized spacial score (nSPS) is 15.1. The van der Waals surface area contributed by atoms with Gasteiger partial charge in [0.2, 0.25) is 0 Å². The Morgan fingerprint density at radius 1 is 1.47 bits per heavy atom. The fourth-order valence-corrected chi connectivity index (χ4v) is 2.52. The maximum Gasteiger partial charge on any atom is 0.0992 e. The molecular weight excluding hydrogens is 232 g/mol. The molecule has 0 spiro atoms. The smallest absolute Gasteiger partial charge is 0.0992 e. The van der Waals surface area contributed by atoms with Crippen molar-refractivity contribution in [3.8, 4) is 6.07 Å². The van der Waals surface area contributed by atoms with Crippen molar-refractivity contribution in [3.05, 3.63) is 28.8 Å². The van der Waals surface area contributed by atoms with Crippen LogP contribution in [-0.4, -0.2) is 13.1 Å². The molecule has 2 nitrogen and oxygen atoms in total. The van der Waals surface area contributed by atoms with E-state index in [0.717, 1.165) is 24.7 Å². The van der Waals surface area contributed by atoms with Crippen LogP contribution in [0.1, 0.15) is 31.7 Å². The highest BCUT2D eigenvalue weighted by Gasteiger charge is 2.21. The van der Waals surface area contributed by atoms with Crippen molar-refractivity contribution in [3.63, 3.8) is 0 Å². The summed E-state index contributed by atoms with van der Waals surface area (Å²) in [6.07, 6.45) is 4.04. The SMILES string of the molecule is CCN(CC1CCC1)c1ccc(C#N)cc1Cl. The van der Waals surface area contributed by atoms with Crippen LogP contribution in [-0.2, 0) is 0 Å². The van der Waals surface area contributed by atoms with Crippen molar-refractivity contribution in [1.82, 2.24) is 0 Å². The molecule has 1 saturated carbocycles. The molecule has 1 aliphatic rings. The summed E-state index contributed by atoms with van der Waals surface area (Å²) >= 11 is 6.23. The standard InChI is InChI=1S/C14H17ClN2/c1-2-17(10-11-4-3-5-11)14-7-6-12(9-16)8-13(14)15/h6-8,11H,2-5,10H2,1H3. The third kappa shape index (κ3) is 2.73. The summed E-state index contributed by atoms with van der Waals surface area (Å²) in [6.45, 7) is 4.19. The Hall–Kier alpha value is -1.20. The predicted octanol–water partition coefficient (Wildman–Crippen LogP) is 3.84. The van der Waals surface area contributed by atoms with Gasteiger partial charge in [-0.05, 0) is 43.9 Å². The predicted molar refractivity (Wildman–Crippen MR) is 71.4 cm³/mol. The van der Waals surface area contributed by atoms with E-state index in [1.165, 1.54) is 19.3 Å². The third-order valence-electron chi connectivity index (χ3n) is 3.50. The first kappa shape index (κ1) is 12.3. The summed E-state index contributed by atoms with van der Waals surface area (Å²) in [5, 5.41) is 9.50. The molecule has 0 heterocycles. The molecule has 1 aromatic carbocycles. The molecule has 0 amide bonds. The molecule has 17 heavy (non-hydrogen) atoms. The van der Waals surface area contributed by atoms with Gasteiger partial charge in [0.05, 0.1) is 22.3 Å². The number of hydrogen-bond acceptors (Lipinski definition) is 2. The van der Waals surface area contributed by atoms with Gasteiger partial charge in [0.15, 0.2) is 0 Å². The van der Waals surface area contributed by atoms with Gasteiger partial charge in [0, 0.05) is 13.1 Å². The molecule has 0 unspecified atom stereocenters. The number of rotatable bonds is 4. The minimum absolute atomic E-state index is 0.624. The van der Waals surface area contributed by atoms with Gasteiger partial charge in [-0.2, -0.15) is 5.26 Å². The van der Waals surface area contributed by atoms with Gasteiger partial charge < -0.3 is 4.90 Å². The monoisotopic (exact) mass is 248 g/mol. The van der Waals surface area contributed by atoms with Gasteiger partial charge in [-0.25, -0.2) is 0 Å². The molecule has 1 aliphatic carbocycles. The molecule has 0 saturated heterocycles. The van der Waals surface area contributed by atoms with Crippen LogP contribution in [0.15, 0.2) is 18.2 Å². The van der Waals surface area contributed by atoms with E-state index in [2.05, 4.69) is 17.9 Å². The van der Waals surface area contributed by atoms with Gasteiger partial charge in [-0.1, -0.05) is 18.0 Å². The average molecular weight is 249 g/mol. The van der Waals surface area contributed by atoms with Crippen molar-refractivity contribution in [2.45, 2.75) is 26.2 Å². The van der Waals surface area contributed by atoms with Crippen LogP contribution in [0.4, 0.5) is 5.69 Å². The quantitative estimate of drug-likeness (QED) is 0.810. The van der Waals surface area contributed by atoms with Gasteiger partial charge in [-0.15, -0.1) is 0 Å². The number of hydrogen-bond donors (Lipinski definition) is 0. The molecule has 0 N–H and O–H groups in total. The number of benzene rings is 1. The molecule has 3 heteroatoms. The molecule has 1 fully saturated rings. The Morgan fingerprint density at radius 2 is 2.24 bits per heavy atom. The van der Waals surface area contributed by atoms with E-state index in [0.29, 0.717) is 10.6 Å². The van der Waals surface area contributed by atoms with Gasteiger partial charge in [0.25, 0.3) is 0 Å². The number of nitrogens with zero attached hydrogens (tertiary/aromatic N) is 2. The number of nitriles is 1. The van der Waals surface area contributed by atoms with Crippen LogP contribution in [0.3, 0.4) is 0 Å². The molecule has 1 aromatic rings.